The molecule has 6 heteroatoms. The van der Waals surface area contributed by atoms with E-state index in [1.807, 2.05) is 13.8 Å². The van der Waals surface area contributed by atoms with Crippen LogP contribution >= 0.6 is 0 Å². The highest BCUT2D eigenvalue weighted by Gasteiger charge is 2.25. The van der Waals surface area contributed by atoms with E-state index in [1.165, 1.54) is 0 Å². The molecule has 6 nitrogen and oxygen atoms in total. The van der Waals surface area contributed by atoms with E-state index in [0.29, 0.717) is 17.6 Å². The lowest BCUT2D eigenvalue weighted by atomic mass is 10.0. The van der Waals surface area contributed by atoms with E-state index in [0.717, 1.165) is 25.9 Å². The predicted molar refractivity (Wildman–Crippen MR) is 82.0 cm³/mol. The average molecular weight is 292 g/mol. The Kier molecular flexibility index (Phi) is 4.77. The first-order valence-electron chi connectivity index (χ1n) is 7.41. The maximum absolute atomic E-state index is 11.5. The summed E-state index contributed by atoms with van der Waals surface area (Å²) >= 11 is 0. The summed E-state index contributed by atoms with van der Waals surface area (Å²) < 4.78 is 0. The van der Waals surface area contributed by atoms with Gasteiger partial charge in [-0.2, -0.15) is 0 Å². The number of hydrogen-bond donors (Lipinski definition) is 1. The number of hydrogen-bond acceptors (Lipinski definition) is 5. The monoisotopic (exact) mass is 292 g/mol. The summed E-state index contributed by atoms with van der Waals surface area (Å²) in [6.07, 6.45) is 3.72. The average Bonchev–Trinajstić information content (AvgIpc) is 2.46. The van der Waals surface area contributed by atoms with Crippen molar-refractivity contribution in [3.63, 3.8) is 0 Å². The van der Waals surface area contributed by atoms with Gasteiger partial charge in [0.05, 0.1) is 11.9 Å². The van der Waals surface area contributed by atoms with Crippen LogP contribution in [0.3, 0.4) is 0 Å². The molecule has 0 aromatic carbocycles. The first-order chi connectivity index (χ1) is 9.90. The Morgan fingerprint density at radius 2 is 2.00 bits per heavy atom. The van der Waals surface area contributed by atoms with Crippen LogP contribution in [-0.2, 0) is 0 Å². The lowest BCUT2D eigenvalue weighted by Gasteiger charge is -2.36. The maximum atomic E-state index is 11.5. The molecule has 1 aliphatic heterocycles. The molecule has 0 amide bonds. The highest BCUT2D eigenvalue weighted by atomic mass is 16.4. The highest BCUT2D eigenvalue weighted by molar-refractivity contribution is 5.92. The number of carboxylic acids is 1. The van der Waals surface area contributed by atoms with Gasteiger partial charge in [-0.1, -0.05) is 13.8 Å². The van der Waals surface area contributed by atoms with Crippen molar-refractivity contribution in [3.05, 3.63) is 17.7 Å². The predicted octanol–water partition coefficient (Wildman–Crippen LogP) is 1.83. The molecule has 1 fully saturated rings. The lowest BCUT2D eigenvalue weighted by molar-refractivity contribution is 0.0690. The fourth-order valence-corrected chi connectivity index (χ4v) is 2.68. The molecule has 1 aromatic heterocycles. The summed E-state index contributed by atoms with van der Waals surface area (Å²) in [5.74, 6) is -0.278. The number of anilines is 1. The van der Waals surface area contributed by atoms with Gasteiger partial charge in [0.1, 0.15) is 5.82 Å². The van der Waals surface area contributed by atoms with Crippen molar-refractivity contribution < 1.29 is 9.90 Å². The van der Waals surface area contributed by atoms with Gasteiger partial charge in [0.25, 0.3) is 0 Å². The smallest absolute Gasteiger partial charge is 0.356 e. The van der Waals surface area contributed by atoms with Crippen molar-refractivity contribution in [3.8, 4) is 0 Å². The van der Waals surface area contributed by atoms with Gasteiger partial charge in [-0.05, 0) is 26.9 Å². The minimum atomic E-state index is -0.982. The Bertz CT molecular complexity index is 508. The number of rotatable bonds is 4. The molecule has 1 aromatic rings. The van der Waals surface area contributed by atoms with Gasteiger partial charge in [0.15, 0.2) is 5.69 Å². The Balaban J connectivity index is 2.22. The molecule has 0 radical (unpaired) electrons. The number of aromatic carboxylic acids is 1. The van der Waals surface area contributed by atoms with E-state index in [-0.39, 0.29) is 11.6 Å². The van der Waals surface area contributed by atoms with Crippen LogP contribution in [0.25, 0.3) is 0 Å². The van der Waals surface area contributed by atoms with Crippen molar-refractivity contribution in [2.24, 2.45) is 0 Å². The minimum absolute atomic E-state index is 0.122. The fraction of sp³-hybridized carbons (Fsp3) is 0.667. The van der Waals surface area contributed by atoms with Gasteiger partial charge in [-0.15, -0.1) is 0 Å². The third-order valence-electron chi connectivity index (χ3n) is 4.04. The SMILES string of the molecule is CC(C)c1ncc(N2CCC(N(C)C)CC2)c(C(=O)O)n1. The molecule has 116 valence electrons. The third-order valence-corrected chi connectivity index (χ3v) is 4.04. The van der Waals surface area contributed by atoms with E-state index in [1.54, 1.807) is 6.20 Å². The van der Waals surface area contributed by atoms with Crippen LogP contribution in [-0.4, -0.2) is 59.2 Å². The van der Waals surface area contributed by atoms with Crippen LogP contribution in [0, 0.1) is 0 Å². The first kappa shape index (κ1) is 15.7. The van der Waals surface area contributed by atoms with Crippen molar-refractivity contribution in [2.75, 3.05) is 32.1 Å². The number of aromatic nitrogens is 2. The van der Waals surface area contributed by atoms with E-state index < -0.39 is 5.97 Å². The maximum Gasteiger partial charge on any atom is 0.356 e. The van der Waals surface area contributed by atoms with Crippen LogP contribution in [0.2, 0.25) is 0 Å². The Labute approximate surface area is 125 Å². The van der Waals surface area contributed by atoms with E-state index >= 15 is 0 Å². The summed E-state index contributed by atoms with van der Waals surface area (Å²) in [5, 5.41) is 9.42. The lowest BCUT2D eigenvalue weighted by Crippen LogP contribution is -2.42. The molecule has 2 rings (SSSR count). The van der Waals surface area contributed by atoms with Crippen molar-refractivity contribution in [2.45, 2.75) is 38.6 Å². The van der Waals surface area contributed by atoms with Crippen LogP contribution in [0.15, 0.2) is 6.20 Å². The summed E-state index contributed by atoms with van der Waals surface area (Å²) in [5.41, 5.74) is 0.765. The quantitative estimate of drug-likeness (QED) is 0.913. The van der Waals surface area contributed by atoms with Crippen LogP contribution in [0.5, 0.6) is 0 Å². The molecule has 1 saturated heterocycles. The second kappa shape index (κ2) is 6.39. The summed E-state index contributed by atoms with van der Waals surface area (Å²) in [6, 6.07) is 0.561. The molecule has 0 aliphatic carbocycles. The minimum Gasteiger partial charge on any atom is -0.476 e. The van der Waals surface area contributed by atoms with E-state index in [4.69, 9.17) is 0 Å². The summed E-state index contributed by atoms with van der Waals surface area (Å²) in [4.78, 5) is 24.4. The molecule has 1 aliphatic rings. The summed E-state index contributed by atoms with van der Waals surface area (Å²) in [6.45, 7) is 5.60. The van der Waals surface area contributed by atoms with Crippen LogP contribution < -0.4 is 4.90 Å². The van der Waals surface area contributed by atoms with E-state index in [9.17, 15) is 9.90 Å². The molecule has 1 N–H and O–H groups in total. The Morgan fingerprint density at radius 3 is 2.48 bits per heavy atom. The molecule has 0 atom stereocenters. The Morgan fingerprint density at radius 1 is 1.38 bits per heavy atom. The van der Waals surface area contributed by atoms with Crippen LogP contribution in [0.1, 0.15) is 48.9 Å². The topological polar surface area (TPSA) is 69.6 Å². The Hall–Kier alpha value is -1.69. The van der Waals surface area contributed by atoms with Crippen molar-refractivity contribution >= 4 is 11.7 Å². The van der Waals surface area contributed by atoms with Gasteiger partial charge in [-0.3, -0.25) is 0 Å². The third kappa shape index (κ3) is 3.50. The molecular formula is C15H24N4O2. The largest absolute Gasteiger partial charge is 0.476 e. The second-order valence-electron chi connectivity index (χ2n) is 6.10. The molecular weight excluding hydrogens is 268 g/mol. The highest BCUT2D eigenvalue weighted by Crippen LogP contribution is 2.25. The molecule has 21 heavy (non-hydrogen) atoms. The van der Waals surface area contributed by atoms with Gasteiger partial charge in [0, 0.05) is 25.0 Å². The zero-order valence-corrected chi connectivity index (χ0v) is 13.2. The molecule has 0 unspecified atom stereocenters. The van der Waals surface area contributed by atoms with E-state index in [2.05, 4.69) is 33.9 Å². The van der Waals surface area contributed by atoms with Gasteiger partial charge >= 0.3 is 5.97 Å². The first-order valence-corrected chi connectivity index (χ1v) is 7.41. The molecule has 0 saturated carbocycles. The zero-order valence-electron chi connectivity index (χ0n) is 13.2. The van der Waals surface area contributed by atoms with Gasteiger partial charge < -0.3 is 14.9 Å². The standard InChI is InChI=1S/C15H24N4O2/c1-10(2)14-16-9-12(13(17-14)15(20)21)19-7-5-11(6-8-19)18(3)4/h9-11H,5-8H2,1-4H3,(H,20,21). The van der Waals surface area contributed by atoms with Gasteiger partial charge in [-0.25, -0.2) is 14.8 Å². The van der Waals surface area contributed by atoms with Crippen molar-refractivity contribution in [1.29, 1.82) is 0 Å². The second-order valence-corrected chi connectivity index (χ2v) is 6.10. The number of carboxylic acid groups (broad SMARTS) is 1. The molecule has 2 heterocycles. The number of nitrogens with zero attached hydrogens (tertiary/aromatic N) is 4. The zero-order chi connectivity index (χ0) is 15.6. The summed E-state index contributed by atoms with van der Waals surface area (Å²) in [7, 11) is 4.17. The normalized spacial score (nSPS) is 16.8. The number of piperidine rings is 1. The molecule has 0 bridgehead atoms. The van der Waals surface area contributed by atoms with Crippen molar-refractivity contribution in [1.82, 2.24) is 14.9 Å². The fourth-order valence-electron chi connectivity index (χ4n) is 2.68. The number of carbonyl (C=O) groups is 1. The van der Waals surface area contributed by atoms with Crippen LogP contribution in [0.4, 0.5) is 5.69 Å². The van der Waals surface area contributed by atoms with Gasteiger partial charge in [0.2, 0.25) is 0 Å². The molecule has 0 spiro atoms.